The van der Waals surface area contributed by atoms with Crippen LogP contribution in [0.2, 0.25) is 0 Å². The van der Waals surface area contributed by atoms with Crippen molar-refractivity contribution in [3.05, 3.63) is 70.5 Å². The second kappa shape index (κ2) is 6.31. The number of anilines is 1. The molecule has 6 heteroatoms. The van der Waals surface area contributed by atoms with Crippen LogP contribution in [0.4, 0.5) is 5.69 Å². The number of amides is 1. The molecule has 0 saturated heterocycles. The lowest BCUT2D eigenvalue weighted by atomic mass is 10.1. The standard InChI is InChI=1S/C17H15N3O3/c1-2-12-10-15(21)20-16(18-12)11-5-3-6-13(9-11)19-17(22)14-7-4-8-23-14/h3-10H,2H2,1H3,(H,19,22)(H,18,20,21). The second-order valence-electron chi connectivity index (χ2n) is 4.95. The van der Waals surface area contributed by atoms with E-state index in [2.05, 4.69) is 15.3 Å². The van der Waals surface area contributed by atoms with Gasteiger partial charge in [-0.2, -0.15) is 0 Å². The number of benzene rings is 1. The fourth-order valence-corrected chi connectivity index (χ4v) is 2.17. The number of hydrogen-bond donors (Lipinski definition) is 2. The SMILES string of the molecule is CCc1cc(=O)[nH]c(-c2cccc(NC(=O)c3ccco3)c2)n1. The first-order valence-corrected chi connectivity index (χ1v) is 7.21. The third-order valence-corrected chi connectivity index (χ3v) is 3.30. The topological polar surface area (TPSA) is 88.0 Å². The molecule has 3 rings (SSSR count). The Morgan fingerprint density at radius 1 is 1.26 bits per heavy atom. The Hall–Kier alpha value is -3.15. The molecule has 116 valence electrons. The largest absolute Gasteiger partial charge is 0.459 e. The van der Waals surface area contributed by atoms with Gasteiger partial charge in [0.1, 0.15) is 5.82 Å². The number of rotatable bonds is 4. The van der Waals surface area contributed by atoms with E-state index in [1.54, 1.807) is 30.3 Å². The van der Waals surface area contributed by atoms with Crippen LogP contribution in [0, 0.1) is 0 Å². The Balaban J connectivity index is 1.89. The summed E-state index contributed by atoms with van der Waals surface area (Å²) in [6.07, 6.45) is 2.11. The molecule has 0 aliphatic carbocycles. The summed E-state index contributed by atoms with van der Waals surface area (Å²) in [6.45, 7) is 1.94. The molecule has 1 amide bonds. The first-order valence-electron chi connectivity index (χ1n) is 7.21. The van der Waals surface area contributed by atoms with Crippen molar-refractivity contribution in [2.75, 3.05) is 5.32 Å². The fraction of sp³-hybridized carbons (Fsp3) is 0.118. The van der Waals surface area contributed by atoms with E-state index in [0.717, 1.165) is 5.56 Å². The van der Waals surface area contributed by atoms with E-state index >= 15 is 0 Å². The maximum absolute atomic E-state index is 12.0. The average Bonchev–Trinajstić information content (AvgIpc) is 3.09. The van der Waals surface area contributed by atoms with E-state index in [-0.39, 0.29) is 17.2 Å². The lowest BCUT2D eigenvalue weighted by Gasteiger charge is -2.07. The van der Waals surface area contributed by atoms with Gasteiger partial charge in [0.15, 0.2) is 5.76 Å². The summed E-state index contributed by atoms with van der Waals surface area (Å²) in [7, 11) is 0. The van der Waals surface area contributed by atoms with Crippen molar-refractivity contribution in [3.8, 4) is 11.4 Å². The minimum atomic E-state index is -0.337. The van der Waals surface area contributed by atoms with Crippen LogP contribution in [-0.4, -0.2) is 15.9 Å². The first-order chi connectivity index (χ1) is 11.2. The number of hydrogen-bond acceptors (Lipinski definition) is 4. The van der Waals surface area contributed by atoms with Crippen LogP contribution in [0.25, 0.3) is 11.4 Å². The smallest absolute Gasteiger partial charge is 0.291 e. The summed E-state index contributed by atoms with van der Waals surface area (Å²) in [6, 6.07) is 11.8. The van der Waals surface area contributed by atoms with E-state index in [9.17, 15) is 9.59 Å². The third-order valence-electron chi connectivity index (χ3n) is 3.30. The van der Waals surface area contributed by atoms with Gasteiger partial charge in [0.25, 0.3) is 11.5 Å². The molecule has 0 unspecified atom stereocenters. The second-order valence-corrected chi connectivity index (χ2v) is 4.95. The van der Waals surface area contributed by atoms with Gasteiger partial charge in [-0.3, -0.25) is 9.59 Å². The molecule has 0 bridgehead atoms. The molecule has 2 N–H and O–H groups in total. The zero-order valence-electron chi connectivity index (χ0n) is 12.5. The Bertz CT molecular complexity index is 882. The highest BCUT2D eigenvalue weighted by Crippen LogP contribution is 2.19. The van der Waals surface area contributed by atoms with Crippen LogP contribution in [0.15, 0.2) is 57.9 Å². The minimum Gasteiger partial charge on any atom is -0.459 e. The number of carbonyl (C=O) groups excluding carboxylic acids is 1. The molecule has 2 aromatic heterocycles. The lowest BCUT2D eigenvalue weighted by Crippen LogP contribution is -2.12. The van der Waals surface area contributed by atoms with Gasteiger partial charge in [0.05, 0.1) is 6.26 Å². The molecule has 6 nitrogen and oxygen atoms in total. The van der Waals surface area contributed by atoms with E-state index in [1.807, 2.05) is 13.0 Å². The Labute approximate surface area is 132 Å². The zero-order valence-corrected chi connectivity index (χ0v) is 12.5. The molecule has 0 fully saturated rings. The molecule has 1 aromatic carbocycles. The van der Waals surface area contributed by atoms with Crippen molar-refractivity contribution in [1.29, 1.82) is 0 Å². The molecule has 0 atom stereocenters. The molecular weight excluding hydrogens is 294 g/mol. The zero-order chi connectivity index (χ0) is 16.2. The fourth-order valence-electron chi connectivity index (χ4n) is 2.17. The molecule has 0 aliphatic heterocycles. The number of aryl methyl sites for hydroxylation is 1. The summed E-state index contributed by atoms with van der Waals surface area (Å²) in [5.41, 5.74) is 1.83. The van der Waals surface area contributed by atoms with Crippen molar-refractivity contribution < 1.29 is 9.21 Å². The summed E-state index contributed by atoms with van der Waals surface area (Å²) < 4.78 is 5.06. The van der Waals surface area contributed by atoms with Gasteiger partial charge in [-0.25, -0.2) is 4.98 Å². The Morgan fingerprint density at radius 3 is 2.87 bits per heavy atom. The Kier molecular flexibility index (Phi) is 4.05. The van der Waals surface area contributed by atoms with E-state index in [4.69, 9.17) is 4.42 Å². The maximum Gasteiger partial charge on any atom is 0.291 e. The number of carbonyl (C=O) groups is 1. The third kappa shape index (κ3) is 3.37. The van der Waals surface area contributed by atoms with Crippen molar-refractivity contribution in [2.24, 2.45) is 0 Å². The summed E-state index contributed by atoms with van der Waals surface area (Å²) >= 11 is 0. The van der Waals surface area contributed by atoms with Crippen molar-refractivity contribution >= 4 is 11.6 Å². The monoisotopic (exact) mass is 309 g/mol. The average molecular weight is 309 g/mol. The molecule has 0 spiro atoms. The van der Waals surface area contributed by atoms with Gasteiger partial charge >= 0.3 is 0 Å². The number of furan rings is 1. The maximum atomic E-state index is 12.0. The summed E-state index contributed by atoms with van der Waals surface area (Å²) in [4.78, 5) is 30.8. The summed E-state index contributed by atoms with van der Waals surface area (Å²) in [5, 5.41) is 2.75. The number of nitrogens with one attached hydrogen (secondary N) is 2. The molecule has 0 aliphatic rings. The summed E-state index contributed by atoms with van der Waals surface area (Å²) in [5.74, 6) is 0.370. The van der Waals surface area contributed by atoms with Crippen LogP contribution in [0.3, 0.4) is 0 Å². The van der Waals surface area contributed by atoms with Gasteiger partial charge in [-0.15, -0.1) is 0 Å². The normalized spacial score (nSPS) is 10.5. The van der Waals surface area contributed by atoms with E-state index in [0.29, 0.717) is 23.6 Å². The van der Waals surface area contributed by atoms with Gasteiger partial charge in [-0.1, -0.05) is 19.1 Å². The first kappa shape index (κ1) is 14.8. The van der Waals surface area contributed by atoms with Crippen LogP contribution in [-0.2, 0) is 6.42 Å². The molecular formula is C17H15N3O3. The van der Waals surface area contributed by atoms with Crippen molar-refractivity contribution in [1.82, 2.24) is 9.97 Å². The quantitative estimate of drug-likeness (QED) is 0.775. The highest BCUT2D eigenvalue weighted by molar-refractivity contribution is 6.02. The minimum absolute atomic E-state index is 0.197. The molecule has 0 radical (unpaired) electrons. The van der Waals surface area contributed by atoms with Crippen LogP contribution < -0.4 is 10.9 Å². The van der Waals surface area contributed by atoms with Crippen LogP contribution >= 0.6 is 0 Å². The highest BCUT2D eigenvalue weighted by atomic mass is 16.3. The van der Waals surface area contributed by atoms with E-state index < -0.39 is 0 Å². The van der Waals surface area contributed by atoms with E-state index in [1.165, 1.54) is 12.3 Å². The predicted molar refractivity (Wildman–Crippen MR) is 86.3 cm³/mol. The molecule has 3 aromatic rings. The highest BCUT2D eigenvalue weighted by Gasteiger charge is 2.10. The van der Waals surface area contributed by atoms with Gasteiger partial charge in [0, 0.05) is 23.0 Å². The number of H-pyrrole nitrogens is 1. The lowest BCUT2D eigenvalue weighted by molar-refractivity contribution is 0.0996. The molecule has 2 heterocycles. The number of aromatic nitrogens is 2. The number of aromatic amines is 1. The van der Waals surface area contributed by atoms with Gasteiger partial charge in [-0.05, 0) is 30.7 Å². The van der Waals surface area contributed by atoms with Crippen LogP contribution in [0.5, 0.6) is 0 Å². The number of nitrogens with zero attached hydrogens (tertiary/aromatic N) is 1. The Morgan fingerprint density at radius 2 is 2.13 bits per heavy atom. The molecule has 0 saturated carbocycles. The van der Waals surface area contributed by atoms with Crippen molar-refractivity contribution in [3.63, 3.8) is 0 Å². The predicted octanol–water partition coefficient (Wildman–Crippen LogP) is 2.84. The van der Waals surface area contributed by atoms with Gasteiger partial charge < -0.3 is 14.7 Å². The van der Waals surface area contributed by atoms with Crippen molar-refractivity contribution in [2.45, 2.75) is 13.3 Å². The van der Waals surface area contributed by atoms with Crippen LogP contribution in [0.1, 0.15) is 23.2 Å². The van der Waals surface area contributed by atoms with Gasteiger partial charge in [0.2, 0.25) is 0 Å². The molecule has 23 heavy (non-hydrogen) atoms.